The van der Waals surface area contributed by atoms with Crippen LogP contribution in [0.25, 0.3) is 5.65 Å². The molecule has 1 aromatic carbocycles. The van der Waals surface area contributed by atoms with E-state index in [0.29, 0.717) is 22.8 Å². The number of hydrogen-bond acceptors (Lipinski definition) is 6. The van der Waals surface area contributed by atoms with Gasteiger partial charge >= 0.3 is 5.97 Å². The zero-order chi connectivity index (χ0) is 18.4. The van der Waals surface area contributed by atoms with Gasteiger partial charge in [0.15, 0.2) is 5.65 Å². The molecule has 0 saturated carbocycles. The molecule has 1 aliphatic rings. The quantitative estimate of drug-likeness (QED) is 0.702. The Morgan fingerprint density at radius 2 is 1.81 bits per heavy atom. The van der Waals surface area contributed by atoms with Crippen LogP contribution in [0, 0.1) is 0 Å². The van der Waals surface area contributed by atoms with Crippen LogP contribution in [0.2, 0.25) is 0 Å². The summed E-state index contributed by atoms with van der Waals surface area (Å²) in [4.78, 5) is 57.7. The lowest BCUT2D eigenvalue weighted by Crippen LogP contribution is -2.33. The summed E-state index contributed by atoms with van der Waals surface area (Å²) in [5.74, 6) is -2.33. The van der Waals surface area contributed by atoms with Crippen LogP contribution in [0.1, 0.15) is 43.7 Å². The number of nitrogens with zero attached hydrogens (tertiary/aromatic N) is 3. The van der Waals surface area contributed by atoms with Crippen LogP contribution in [0.4, 0.5) is 0 Å². The lowest BCUT2D eigenvalue weighted by Gasteiger charge is -2.14. The van der Waals surface area contributed by atoms with Gasteiger partial charge in [0.25, 0.3) is 17.4 Å². The highest BCUT2D eigenvalue weighted by Gasteiger charge is 2.39. The number of amides is 2. The van der Waals surface area contributed by atoms with Gasteiger partial charge in [0.05, 0.1) is 16.8 Å². The molecule has 9 heteroatoms. The monoisotopic (exact) mass is 352 g/mol. The molecule has 2 aromatic heterocycles. The van der Waals surface area contributed by atoms with E-state index in [1.807, 2.05) is 0 Å². The van der Waals surface area contributed by atoms with E-state index >= 15 is 0 Å². The van der Waals surface area contributed by atoms with E-state index in [2.05, 4.69) is 10.1 Å². The number of rotatable bonds is 3. The summed E-state index contributed by atoms with van der Waals surface area (Å²) in [6.07, 6.45) is 1.64. The topological polar surface area (TPSA) is 114 Å². The SMILES string of the molecule is CCc1c(C(=O)ON2C(=O)c3ccccc3C2=O)cnc2cc(=O)[nH]n12. The van der Waals surface area contributed by atoms with Crippen molar-refractivity contribution in [2.45, 2.75) is 13.3 Å². The molecule has 0 atom stereocenters. The lowest BCUT2D eigenvalue weighted by molar-refractivity contribution is -0.0586. The number of nitrogens with one attached hydrogen (secondary N) is 1. The third-order valence-corrected chi connectivity index (χ3v) is 4.10. The number of aryl methyl sites for hydroxylation is 1. The van der Waals surface area contributed by atoms with Crippen molar-refractivity contribution in [1.82, 2.24) is 19.7 Å². The van der Waals surface area contributed by atoms with E-state index in [1.165, 1.54) is 28.9 Å². The zero-order valence-electron chi connectivity index (χ0n) is 13.6. The van der Waals surface area contributed by atoms with Crippen LogP contribution < -0.4 is 5.56 Å². The first kappa shape index (κ1) is 15.8. The zero-order valence-corrected chi connectivity index (χ0v) is 13.6. The number of imide groups is 1. The Hall–Kier alpha value is -3.75. The molecule has 2 amide bonds. The van der Waals surface area contributed by atoms with Gasteiger partial charge in [-0.15, -0.1) is 0 Å². The van der Waals surface area contributed by atoms with Crippen LogP contribution in [-0.2, 0) is 11.3 Å². The van der Waals surface area contributed by atoms with E-state index in [9.17, 15) is 19.2 Å². The summed E-state index contributed by atoms with van der Waals surface area (Å²) in [6.45, 7) is 1.78. The van der Waals surface area contributed by atoms with E-state index in [-0.39, 0.29) is 22.2 Å². The second-order valence-corrected chi connectivity index (χ2v) is 5.62. The Morgan fingerprint density at radius 1 is 1.15 bits per heavy atom. The number of H-pyrrole nitrogens is 1. The average Bonchev–Trinajstić information content (AvgIpc) is 3.13. The number of hydrogen-bond donors (Lipinski definition) is 1. The van der Waals surface area contributed by atoms with Crippen LogP contribution in [-0.4, -0.2) is 37.4 Å². The third kappa shape index (κ3) is 2.21. The minimum atomic E-state index is -0.916. The fourth-order valence-electron chi connectivity index (χ4n) is 2.91. The lowest BCUT2D eigenvalue weighted by atomic mass is 10.1. The first-order chi connectivity index (χ1) is 12.5. The Morgan fingerprint density at radius 3 is 2.42 bits per heavy atom. The van der Waals surface area contributed by atoms with E-state index in [1.54, 1.807) is 19.1 Å². The summed E-state index contributed by atoms with van der Waals surface area (Å²) >= 11 is 0. The largest absolute Gasteiger partial charge is 0.367 e. The van der Waals surface area contributed by atoms with Crippen LogP contribution in [0.3, 0.4) is 0 Å². The van der Waals surface area contributed by atoms with Crippen LogP contribution in [0.5, 0.6) is 0 Å². The molecule has 3 aromatic rings. The Labute approximate surface area is 145 Å². The number of aromatic amines is 1. The number of fused-ring (bicyclic) bond motifs is 2. The third-order valence-electron chi connectivity index (χ3n) is 4.10. The van der Waals surface area contributed by atoms with Gasteiger partial charge in [-0.3, -0.25) is 19.5 Å². The first-order valence-corrected chi connectivity index (χ1v) is 7.81. The van der Waals surface area contributed by atoms with Crippen molar-refractivity contribution in [1.29, 1.82) is 0 Å². The summed E-state index contributed by atoms with van der Waals surface area (Å²) in [7, 11) is 0. The van der Waals surface area contributed by atoms with Crippen molar-refractivity contribution >= 4 is 23.4 Å². The van der Waals surface area contributed by atoms with Gasteiger partial charge in [0.1, 0.15) is 5.56 Å². The van der Waals surface area contributed by atoms with Crippen molar-refractivity contribution < 1.29 is 19.2 Å². The fraction of sp³-hybridized carbons (Fsp3) is 0.118. The molecule has 0 aliphatic carbocycles. The molecule has 0 bridgehead atoms. The van der Waals surface area contributed by atoms with Crippen molar-refractivity contribution in [3.8, 4) is 0 Å². The van der Waals surface area contributed by atoms with E-state index < -0.39 is 17.8 Å². The summed E-state index contributed by atoms with van der Waals surface area (Å²) in [5.41, 5.74) is 0.818. The van der Waals surface area contributed by atoms with Gasteiger partial charge in [-0.25, -0.2) is 14.3 Å². The summed E-state index contributed by atoms with van der Waals surface area (Å²) < 4.78 is 1.38. The Kier molecular flexibility index (Phi) is 3.43. The van der Waals surface area contributed by atoms with Crippen molar-refractivity contribution in [3.05, 3.63) is 69.3 Å². The molecule has 1 aliphatic heterocycles. The molecule has 3 heterocycles. The minimum Gasteiger partial charge on any atom is -0.324 e. The molecule has 0 fully saturated rings. The van der Waals surface area contributed by atoms with E-state index in [4.69, 9.17) is 4.84 Å². The molecule has 0 radical (unpaired) electrons. The molecule has 130 valence electrons. The van der Waals surface area contributed by atoms with E-state index in [0.717, 1.165) is 0 Å². The Bertz CT molecular complexity index is 1110. The molecular formula is C17H12N4O5. The standard InChI is InChI=1S/C17H12N4O5/c1-2-12-11(8-18-13-7-14(22)19-20(12)13)17(25)26-21-15(23)9-5-3-4-6-10(9)16(21)24/h3-8H,2H2,1H3,(H,19,22). The smallest absolute Gasteiger partial charge is 0.324 e. The molecule has 0 spiro atoms. The molecule has 0 unspecified atom stereocenters. The van der Waals surface area contributed by atoms with Gasteiger partial charge in [-0.05, 0) is 18.6 Å². The number of hydroxylamine groups is 2. The molecule has 9 nitrogen and oxygen atoms in total. The van der Waals surface area contributed by atoms with Crippen LogP contribution in [0.15, 0.2) is 41.3 Å². The van der Waals surface area contributed by atoms with Gasteiger partial charge in [0, 0.05) is 12.3 Å². The van der Waals surface area contributed by atoms with Gasteiger partial charge in [-0.1, -0.05) is 24.1 Å². The molecular weight excluding hydrogens is 340 g/mol. The van der Waals surface area contributed by atoms with Crippen LogP contribution >= 0.6 is 0 Å². The second-order valence-electron chi connectivity index (χ2n) is 5.62. The molecule has 1 N–H and O–H groups in total. The predicted molar refractivity (Wildman–Crippen MR) is 87.5 cm³/mol. The average molecular weight is 352 g/mol. The molecule has 0 saturated heterocycles. The maximum absolute atomic E-state index is 12.6. The normalized spacial score (nSPS) is 13.3. The Balaban J connectivity index is 1.70. The number of aromatic nitrogens is 3. The molecule has 4 rings (SSSR count). The maximum Gasteiger partial charge on any atom is 0.367 e. The van der Waals surface area contributed by atoms with Crippen molar-refractivity contribution in [3.63, 3.8) is 0 Å². The highest BCUT2D eigenvalue weighted by molar-refractivity contribution is 6.21. The van der Waals surface area contributed by atoms with Gasteiger partial charge in [-0.2, -0.15) is 0 Å². The fourth-order valence-corrected chi connectivity index (χ4v) is 2.91. The number of benzene rings is 1. The highest BCUT2D eigenvalue weighted by Crippen LogP contribution is 2.23. The van der Waals surface area contributed by atoms with Gasteiger partial charge in [0.2, 0.25) is 0 Å². The predicted octanol–water partition coefficient (Wildman–Crippen LogP) is 0.953. The number of carbonyl (C=O) groups is 3. The number of carbonyl (C=O) groups excluding carboxylic acids is 3. The highest BCUT2D eigenvalue weighted by atomic mass is 16.7. The first-order valence-electron chi connectivity index (χ1n) is 7.81. The minimum absolute atomic E-state index is 0.0448. The summed E-state index contributed by atoms with van der Waals surface area (Å²) in [6, 6.07) is 7.49. The van der Waals surface area contributed by atoms with Crippen molar-refractivity contribution in [2.75, 3.05) is 0 Å². The summed E-state index contributed by atoms with van der Waals surface area (Å²) in [5, 5.41) is 2.98. The second kappa shape index (κ2) is 5.66. The van der Waals surface area contributed by atoms with Crippen molar-refractivity contribution in [2.24, 2.45) is 0 Å². The maximum atomic E-state index is 12.6. The molecule has 26 heavy (non-hydrogen) atoms. The van der Waals surface area contributed by atoms with Gasteiger partial charge < -0.3 is 4.84 Å².